The van der Waals surface area contributed by atoms with E-state index < -0.39 is 24.5 Å². The summed E-state index contributed by atoms with van der Waals surface area (Å²) in [5, 5.41) is 5.37. The molecule has 1 saturated heterocycles. The Morgan fingerprint density at radius 2 is 2.00 bits per heavy atom. The number of hydrogen-bond donors (Lipinski definition) is 2. The second-order valence-corrected chi connectivity index (χ2v) is 5.67. The normalized spacial score (nSPS) is 21.3. The molecule has 1 aromatic carbocycles. The van der Waals surface area contributed by atoms with Crippen molar-refractivity contribution in [2.45, 2.75) is 37.8 Å². The van der Waals surface area contributed by atoms with Crippen molar-refractivity contribution < 1.29 is 23.1 Å². The van der Waals surface area contributed by atoms with E-state index in [1.807, 2.05) is 0 Å². The summed E-state index contributed by atoms with van der Waals surface area (Å²) in [5.74, 6) is -3.47. The fourth-order valence-electron chi connectivity index (χ4n) is 2.47. The third-order valence-corrected chi connectivity index (χ3v) is 3.91. The summed E-state index contributed by atoms with van der Waals surface area (Å²) in [6.07, 6.45) is -0.187. The standard InChI is InChI=1S/C16H20F2N2O3/c1-10(11-3-5-12(6-4-11)15(22)23-2)20-14(21)13-7-8-16(17,18)9-19-13/h3-6,10,13,19H,7-9H2,1-2H3,(H,20,21)/t10-,13?/m0/s1. The number of alkyl halides is 2. The molecule has 2 N–H and O–H groups in total. The first-order valence-corrected chi connectivity index (χ1v) is 7.42. The molecule has 1 aliphatic rings. The van der Waals surface area contributed by atoms with E-state index in [1.165, 1.54) is 7.11 Å². The second-order valence-electron chi connectivity index (χ2n) is 5.67. The molecule has 1 aromatic rings. The van der Waals surface area contributed by atoms with Crippen LogP contribution in [0.25, 0.3) is 0 Å². The van der Waals surface area contributed by atoms with E-state index in [-0.39, 0.29) is 24.8 Å². The van der Waals surface area contributed by atoms with Crippen molar-refractivity contribution in [2.24, 2.45) is 0 Å². The number of esters is 1. The van der Waals surface area contributed by atoms with Crippen molar-refractivity contribution in [1.29, 1.82) is 0 Å². The number of benzene rings is 1. The number of piperidine rings is 1. The Morgan fingerprint density at radius 3 is 2.52 bits per heavy atom. The summed E-state index contributed by atoms with van der Waals surface area (Å²) < 4.78 is 30.8. The molecule has 2 atom stereocenters. The van der Waals surface area contributed by atoms with Crippen LogP contribution < -0.4 is 10.6 Å². The number of rotatable bonds is 4. The van der Waals surface area contributed by atoms with Crippen molar-refractivity contribution in [1.82, 2.24) is 10.6 Å². The Bertz CT molecular complexity index is 565. The lowest BCUT2D eigenvalue weighted by atomic mass is 10.0. The monoisotopic (exact) mass is 326 g/mol. The minimum atomic E-state index is -2.74. The number of carbonyl (C=O) groups excluding carboxylic acids is 2. The molecule has 0 aliphatic carbocycles. The Balaban J connectivity index is 1.92. The molecule has 0 spiro atoms. The zero-order valence-electron chi connectivity index (χ0n) is 13.1. The summed E-state index contributed by atoms with van der Waals surface area (Å²) in [7, 11) is 1.31. The maximum Gasteiger partial charge on any atom is 0.337 e. The topological polar surface area (TPSA) is 67.4 Å². The molecule has 5 nitrogen and oxygen atoms in total. The SMILES string of the molecule is COC(=O)c1ccc([C@H](C)NC(=O)C2CCC(F)(F)CN2)cc1. The van der Waals surface area contributed by atoms with Crippen molar-refractivity contribution in [3.63, 3.8) is 0 Å². The van der Waals surface area contributed by atoms with Crippen LogP contribution in [0.2, 0.25) is 0 Å². The van der Waals surface area contributed by atoms with Gasteiger partial charge in [0, 0.05) is 6.42 Å². The van der Waals surface area contributed by atoms with E-state index in [9.17, 15) is 18.4 Å². The van der Waals surface area contributed by atoms with Gasteiger partial charge in [-0.15, -0.1) is 0 Å². The fraction of sp³-hybridized carbons (Fsp3) is 0.500. The molecule has 2 rings (SSSR count). The molecule has 0 saturated carbocycles. The Labute approximate surface area is 133 Å². The zero-order chi connectivity index (χ0) is 17.0. The molecular weight excluding hydrogens is 306 g/mol. The molecule has 0 aromatic heterocycles. The lowest BCUT2D eigenvalue weighted by Gasteiger charge is -2.29. The van der Waals surface area contributed by atoms with Crippen LogP contribution in [0.4, 0.5) is 8.78 Å². The van der Waals surface area contributed by atoms with Gasteiger partial charge in [0.05, 0.1) is 31.3 Å². The Kier molecular flexibility index (Phi) is 5.30. The van der Waals surface area contributed by atoms with Gasteiger partial charge in [0.2, 0.25) is 5.91 Å². The van der Waals surface area contributed by atoms with Gasteiger partial charge in [0.15, 0.2) is 0 Å². The largest absolute Gasteiger partial charge is 0.465 e. The molecule has 0 radical (unpaired) electrons. The van der Waals surface area contributed by atoms with Crippen LogP contribution in [-0.4, -0.2) is 37.5 Å². The zero-order valence-corrected chi connectivity index (χ0v) is 13.1. The minimum Gasteiger partial charge on any atom is -0.465 e. The maximum absolute atomic E-state index is 13.1. The van der Waals surface area contributed by atoms with Crippen LogP contribution in [0.5, 0.6) is 0 Å². The summed E-state index contributed by atoms with van der Waals surface area (Å²) >= 11 is 0. The fourth-order valence-corrected chi connectivity index (χ4v) is 2.47. The van der Waals surface area contributed by atoms with Gasteiger partial charge in [-0.05, 0) is 31.0 Å². The molecule has 1 fully saturated rings. The van der Waals surface area contributed by atoms with E-state index in [4.69, 9.17) is 0 Å². The van der Waals surface area contributed by atoms with Crippen molar-refractivity contribution in [2.75, 3.05) is 13.7 Å². The molecule has 1 amide bonds. The molecule has 7 heteroatoms. The predicted molar refractivity (Wildman–Crippen MR) is 80.3 cm³/mol. The number of hydrogen-bond acceptors (Lipinski definition) is 4. The highest BCUT2D eigenvalue weighted by molar-refractivity contribution is 5.89. The van der Waals surface area contributed by atoms with Gasteiger partial charge in [0.25, 0.3) is 5.92 Å². The van der Waals surface area contributed by atoms with Crippen LogP contribution in [0.1, 0.15) is 41.7 Å². The summed E-state index contributed by atoms with van der Waals surface area (Å²) in [5.41, 5.74) is 1.23. The lowest BCUT2D eigenvalue weighted by Crippen LogP contribution is -2.52. The van der Waals surface area contributed by atoms with Crippen LogP contribution in [0.15, 0.2) is 24.3 Å². The highest BCUT2D eigenvalue weighted by Crippen LogP contribution is 2.25. The van der Waals surface area contributed by atoms with Crippen molar-refractivity contribution >= 4 is 11.9 Å². The van der Waals surface area contributed by atoms with Gasteiger partial charge in [-0.25, -0.2) is 13.6 Å². The van der Waals surface area contributed by atoms with Gasteiger partial charge in [-0.2, -0.15) is 0 Å². The molecule has 23 heavy (non-hydrogen) atoms. The van der Waals surface area contributed by atoms with Crippen LogP contribution in [0, 0.1) is 0 Å². The summed E-state index contributed by atoms with van der Waals surface area (Å²) in [6, 6.07) is 5.77. The third-order valence-electron chi connectivity index (χ3n) is 3.91. The predicted octanol–water partition coefficient (Wildman–Crippen LogP) is 2.04. The van der Waals surface area contributed by atoms with Gasteiger partial charge < -0.3 is 15.4 Å². The summed E-state index contributed by atoms with van der Waals surface area (Å²) in [4.78, 5) is 23.5. The molecule has 1 aliphatic heterocycles. The van der Waals surface area contributed by atoms with E-state index in [0.717, 1.165) is 5.56 Å². The first-order chi connectivity index (χ1) is 10.8. The van der Waals surface area contributed by atoms with E-state index >= 15 is 0 Å². The van der Waals surface area contributed by atoms with E-state index in [0.29, 0.717) is 5.56 Å². The van der Waals surface area contributed by atoms with Gasteiger partial charge in [-0.3, -0.25) is 4.79 Å². The lowest BCUT2D eigenvalue weighted by molar-refractivity contribution is -0.126. The molecule has 1 unspecified atom stereocenters. The van der Waals surface area contributed by atoms with Crippen LogP contribution in [-0.2, 0) is 9.53 Å². The van der Waals surface area contributed by atoms with Crippen molar-refractivity contribution in [3.8, 4) is 0 Å². The van der Waals surface area contributed by atoms with Crippen LogP contribution >= 0.6 is 0 Å². The van der Waals surface area contributed by atoms with Gasteiger partial charge in [-0.1, -0.05) is 12.1 Å². The van der Waals surface area contributed by atoms with Crippen molar-refractivity contribution in [3.05, 3.63) is 35.4 Å². The quantitative estimate of drug-likeness (QED) is 0.831. The first kappa shape index (κ1) is 17.3. The molecule has 126 valence electrons. The number of ether oxygens (including phenoxy) is 1. The number of halogens is 2. The van der Waals surface area contributed by atoms with Crippen LogP contribution in [0.3, 0.4) is 0 Å². The maximum atomic E-state index is 13.1. The number of methoxy groups -OCH3 is 1. The average molecular weight is 326 g/mol. The highest BCUT2D eigenvalue weighted by Gasteiger charge is 2.37. The highest BCUT2D eigenvalue weighted by atomic mass is 19.3. The Hall–Kier alpha value is -2.02. The number of nitrogens with one attached hydrogen (secondary N) is 2. The van der Waals surface area contributed by atoms with Gasteiger partial charge >= 0.3 is 5.97 Å². The molecule has 1 heterocycles. The van der Waals surface area contributed by atoms with E-state index in [2.05, 4.69) is 15.4 Å². The smallest absolute Gasteiger partial charge is 0.337 e. The number of carbonyl (C=O) groups is 2. The van der Waals surface area contributed by atoms with Gasteiger partial charge in [0.1, 0.15) is 0 Å². The minimum absolute atomic E-state index is 0.104. The second kappa shape index (κ2) is 7.04. The summed E-state index contributed by atoms with van der Waals surface area (Å²) in [6.45, 7) is 1.32. The first-order valence-electron chi connectivity index (χ1n) is 7.42. The number of amides is 1. The third kappa shape index (κ3) is 4.48. The average Bonchev–Trinajstić information content (AvgIpc) is 2.54. The Morgan fingerprint density at radius 1 is 1.35 bits per heavy atom. The molecule has 0 bridgehead atoms. The van der Waals surface area contributed by atoms with E-state index in [1.54, 1.807) is 31.2 Å². The molecular formula is C16H20F2N2O3.